The summed E-state index contributed by atoms with van der Waals surface area (Å²) < 4.78 is 28.2. The number of fused-ring (bicyclic) bond motifs is 1. The van der Waals surface area contributed by atoms with Gasteiger partial charge in [-0.25, -0.2) is 17.9 Å². The lowest BCUT2D eigenvalue weighted by atomic mass is 10.1. The summed E-state index contributed by atoms with van der Waals surface area (Å²) in [6.07, 6.45) is 1.35. The second kappa shape index (κ2) is 9.31. The molecule has 2 amide bonds. The maximum Gasteiger partial charge on any atom is 0.333 e. The number of urea groups is 1. The van der Waals surface area contributed by atoms with Gasteiger partial charge < -0.3 is 10.6 Å². The molecule has 0 aliphatic carbocycles. The third-order valence-electron chi connectivity index (χ3n) is 5.42. The fraction of sp³-hybridized carbons (Fsp3) is 0.130. The van der Waals surface area contributed by atoms with Crippen LogP contribution in [0.4, 0.5) is 21.9 Å². The lowest BCUT2D eigenvalue weighted by Crippen LogP contribution is -2.33. The van der Waals surface area contributed by atoms with Crippen LogP contribution >= 0.6 is 11.3 Å². The Hall–Kier alpha value is -4.03. The van der Waals surface area contributed by atoms with E-state index in [0.717, 1.165) is 27.5 Å². The number of aryl methyl sites for hydroxylation is 2. The van der Waals surface area contributed by atoms with Crippen LogP contribution in [0.2, 0.25) is 0 Å². The lowest BCUT2D eigenvalue weighted by molar-refractivity contribution is 0.256. The molecule has 0 aliphatic heterocycles. The molecule has 2 heterocycles. The highest BCUT2D eigenvalue weighted by atomic mass is 32.2. The Balaban J connectivity index is 1.57. The number of hydrogen-bond donors (Lipinski definition) is 3. The molecular weight excluding hydrogens is 490 g/mol. The number of hydrogen-bond acceptors (Lipinski definition) is 8. The van der Waals surface area contributed by atoms with Crippen molar-refractivity contribution < 1.29 is 13.2 Å². The van der Waals surface area contributed by atoms with Crippen molar-refractivity contribution in [2.75, 3.05) is 17.7 Å². The number of nitrogens with one attached hydrogen (secondary N) is 3. The highest BCUT2D eigenvalue weighted by Gasteiger charge is 2.21. The van der Waals surface area contributed by atoms with Crippen LogP contribution in [0.15, 0.2) is 68.9 Å². The van der Waals surface area contributed by atoms with E-state index in [1.165, 1.54) is 29.0 Å². The van der Waals surface area contributed by atoms with Gasteiger partial charge in [0.2, 0.25) is 0 Å². The van der Waals surface area contributed by atoms with Gasteiger partial charge in [-0.2, -0.15) is 0 Å². The van der Waals surface area contributed by atoms with Crippen molar-refractivity contribution in [1.82, 2.24) is 9.29 Å². The summed E-state index contributed by atoms with van der Waals surface area (Å²) in [4.78, 5) is 37.6. The highest BCUT2D eigenvalue weighted by molar-refractivity contribution is 7.92. The van der Waals surface area contributed by atoms with E-state index in [0.29, 0.717) is 22.1 Å². The minimum Gasteiger partial charge on any atom is -0.388 e. The van der Waals surface area contributed by atoms with Crippen molar-refractivity contribution in [3.8, 4) is 5.69 Å². The Kier molecular flexibility index (Phi) is 6.41. The van der Waals surface area contributed by atoms with Crippen molar-refractivity contribution in [2.45, 2.75) is 18.1 Å². The van der Waals surface area contributed by atoms with Crippen molar-refractivity contribution in [3.63, 3.8) is 0 Å². The molecular formula is C23H21N5O5S2. The van der Waals surface area contributed by atoms with Crippen molar-refractivity contribution >= 4 is 55.2 Å². The molecule has 35 heavy (non-hydrogen) atoms. The summed E-state index contributed by atoms with van der Waals surface area (Å²) in [6.45, 7) is 3.59. The standard InChI is InChI=1S/C23H21N5O5S2/c1-13-10-21(34-14(13)2)35(32,33)27-23(30)25-15-4-7-17(8-5-15)28-12-20(26-31)19-11-16(24-3)6-9-18(19)22(28)29/h4-12,24H,1-3H3,(H2,25,27,30). The molecule has 4 aromatic rings. The SMILES string of the molecule is CNc1ccc2c(=O)n(-c3ccc(NC(=O)NS(=O)(=O)c4cc(C)c(C)s4)cc3)cc(N=O)c2c1. The lowest BCUT2D eigenvalue weighted by Gasteiger charge is -2.11. The van der Waals surface area contributed by atoms with Gasteiger partial charge in [-0.15, -0.1) is 16.2 Å². The minimum absolute atomic E-state index is 0.0510. The Morgan fingerprint density at radius 2 is 1.69 bits per heavy atom. The summed E-state index contributed by atoms with van der Waals surface area (Å²) in [6, 6.07) is 11.7. The average Bonchev–Trinajstić information content (AvgIpc) is 3.18. The Labute approximate surface area is 204 Å². The van der Waals surface area contributed by atoms with Gasteiger partial charge in [-0.1, -0.05) is 0 Å². The first kappa shape index (κ1) is 24.1. The van der Waals surface area contributed by atoms with Gasteiger partial charge in [0.1, 0.15) is 9.90 Å². The van der Waals surface area contributed by atoms with E-state index in [-0.39, 0.29) is 15.5 Å². The smallest absolute Gasteiger partial charge is 0.333 e. The van der Waals surface area contributed by atoms with Gasteiger partial charge in [0.15, 0.2) is 0 Å². The molecule has 4 rings (SSSR count). The number of rotatable bonds is 6. The highest BCUT2D eigenvalue weighted by Crippen LogP contribution is 2.28. The molecule has 0 atom stereocenters. The number of sulfonamides is 1. The van der Waals surface area contributed by atoms with E-state index in [2.05, 4.69) is 15.8 Å². The zero-order valence-electron chi connectivity index (χ0n) is 18.9. The van der Waals surface area contributed by atoms with Crippen molar-refractivity contribution in [1.29, 1.82) is 0 Å². The third-order valence-corrected chi connectivity index (χ3v) is 8.38. The second-order valence-corrected chi connectivity index (χ2v) is 10.9. The number of aromatic nitrogens is 1. The molecule has 12 heteroatoms. The van der Waals surface area contributed by atoms with E-state index in [1.54, 1.807) is 51.2 Å². The van der Waals surface area contributed by atoms with Gasteiger partial charge in [0.05, 0.1) is 0 Å². The summed E-state index contributed by atoms with van der Waals surface area (Å²) in [7, 11) is -2.28. The van der Waals surface area contributed by atoms with E-state index in [9.17, 15) is 22.9 Å². The summed E-state index contributed by atoms with van der Waals surface area (Å²) >= 11 is 1.08. The van der Waals surface area contributed by atoms with Gasteiger partial charge in [-0.3, -0.25) is 9.36 Å². The third kappa shape index (κ3) is 4.79. The molecule has 2 aromatic heterocycles. The Bertz CT molecular complexity index is 1600. The van der Waals surface area contributed by atoms with Crippen LogP contribution in [0.25, 0.3) is 16.5 Å². The normalized spacial score (nSPS) is 11.3. The van der Waals surface area contributed by atoms with Crippen LogP contribution in [0.5, 0.6) is 0 Å². The second-order valence-electron chi connectivity index (χ2n) is 7.70. The quantitative estimate of drug-likeness (QED) is 0.323. The zero-order valence-corrected chi connectivity index (χ0v) is 20.6. The maximum absolute atomic E-state index is 13.0. The van der Waals surface area contributed by atoms with E-state index < -0.39 is 16.1 Å². The summed E-state index contributed by atoms with van der Waals surface area (Å²) in [5, 5.41) is 9.24. The molecule has 0 aliphatic rings. The van der Waals surface area contributed by atoms with Crippen LogP contribution in [-0.2, 0) is 10.0 Å². The number of pyridine rings is 1. The van der Waals surface area contributed by atoms with E-state index >= 15 is 0 Å². The zero-order chi connectivity index (χ0) is 25.3. The molecule has 180 valence electrons. The number of carbonyl (C=O) groups is 1. The topological polar surface area (TPSA) is 139 Å². The molecule has 3 N–H and O–H groups in total. The Morgan fingerprint density at radius 3 is 2.29 bits per heavy atom. The molecule has 0 radical (unpaired) electrons. The number of benzene rings is 2. The molecule has 0 saturated carbocycles. The van der Waals surface area contributed by atoms with Gasteiger partial charge >= 0.3 is 6.03 Å². The molecule has 0 fully saturated rings. The fourth-order valence-electron chi connectivity index (χ4n) is 3.45. The summed E-state index contributed by atoms with van der Waals surface area (Å²) in [5.74, 6) is 0. The maximum atomic E-state index is 13.0. The van der Waals surface area contributed by atoms with Crippen LogP contribution in [0.3, 0.4) is 0 Å². The first-order valence-electron chi connectivity index (χ1n) is 10.3. The van der Waals surface area contributed by atoms with Crippen LogP contribution < -0.4 is 20.9 Å². The van der Waals surface area contributed by atoms with Crippen molar-refractivity contribution in [2.24, 2.45) is 5.18 Å². The largest absolute Gasteiger partial charge is 0.388 e. The van der Waals surface area contributed by atoms with Crippen LogP contribution in [0, 0.1) is 18.8 Å². The molecule has 0 unspecified atom stereocenters. The summed E-state index contributed by atoms with van der Waals surface area (Å²) in [5.41, 5.74) is 2.05. The number of anilines is 2. The first-order chi connectivity index (χ1) is 16.6. The van der Waals surface area contributed by atoms with Gasteiger partial charge in [-0.05, 0) is 73.1 Å². The number of nitroso groups, excluding NO2 is 1. The fourth-order valence-corrected chi connectivity index (χ4v) is 5.87. The molecule has 0 saturated heterocycles. The monoisotopic (exact) mass is 511 g/mol. The van der Waals surface area contributed by atoms with Crippen LogP contribution in [-0.4, -0.2) is 26.1 Å². The molecule has 0 bridgehead atoms. The van der Waals surface area contributed by atoms with E-state index in [4.69, 9.17) is 0 Å². The molecule has 0 spiro atoms. The molecule has 2 aromatic carbocycles. The van der Waals surface area contributed by atoms with Gasteiger partial charge in [0, 0.05) is 46.0 Å². The predicted molar refractivity (Wildman–Crippen MR) is 138 cm³/mol. The van der Waals surface area contributed by atoms with Crippen molar-refractivity contribution in [3.05, 3.63) is 80.4 Å². The average molecular weight is 512 g/mol. The minimum atomic E-state index is -4.01. The van der Waals surface area contributed by atoms with E-state index in [1.807, 2.05) is 4.72 Å². The number of thiophene rings is 1. The number of carbonyl (C=O) groups excluding carboxylic acids is 1. The number of nitrogens with zero attached hydrogens (tertiary/aromatic N) is 2. The van der Waals surface area contributed by atoms with Gasteiger partial charge in [0.25, 0.3) is 15.6 Å². The first-order valence-corrected chi connectivity index (χ1v) is 12.6. The van der Waals surface area contributed by atoms with Crippen LogP contribution in [0.1, 0.15) is 10.4 Å². The predicted octanol–water partition coefficient (Wildman–Crippen LogP) is 4.62. The number of amides is 2. The molecule has 10 nitrogen and oxygen atoms in total. The Morgan fingerprint density at radius 1 is 1.00 bits per heavy atom.